The minimum absolute atomic E-state index is 0.293. The number of fused-ring (bicyclic) bond motifs is 2. The van der Waals surface area contributed by atoms with Gasteiger partial charge < -0.3 is 18.6 Å². The van der Waals surface area contributed by atoms with Gasteiger partial charge in [0.15, 0.2) is 0 Å². The molecule has 1 unspecified atom stereocenters. The van der Waals surface area contributed by atoms with Gasteiger partial charge in [-0.3, -0.25) is 0 Å². The molecule has 0 N–H and O–H groups in total. The molecular weight excluding hydrogens is 512 g/mol. The Morgan fingerprint density at radius 1 is 1.05 bits per heavy atom. The number of benzene rings is 1. The van der Waals surface area contributed by atoms with E-state index >= 15 is 0 Å². The van der Waals surface area contributed by atoms with Crippen LogP contribution in [0, 0.1) is 6.92 Å². The van der Waals surface area contributed by atoms with Crippen molar-refractivity contribution < 1.29 is 37.0 Å². The van der Waals surface area contributed by atoms with Crippen molar-refractivity contribution in [3.8, 4) is 17.2 Å². The molecule has 0 spiro atoms. The van der Waals surface area contributed by atoms with Crippen LogP contribution in [0.15, 0.2) is 28.8 Å². The number of hydrogen-bond acceptors (Lipinski definition) is 8. The molecule has 2 aromatic heterocycles. The Hall–Kier alpha value is -3.76. The summed E-state index contributed by atoms with van der Waals surface area (Å²) in [7, 11) is 0. The van der Waals surface area contributed by atoms with Gasteiger partial charge in [-0.1, -0.05) is 0 Å². The number of carbonyl (C=O) groups excluding carboxylic acids is 2. The molecular formula is C28H33F2N3O6. The molecule has 11 heteroatoms. The van der Waals surface area contributed by atoms with Crippen molar-refractivity contribution in [3.63, 3.8) is 0 Å². The van der Waals surface area contributed by atoms with E-state index < -0.39 is 36.0 Å². The number of nitrogens with zero attached hydrogens (tertiary/aromatic N) is 3. The lowest BCUT2D eigenvalue weighted by Crippen LogP contribution is -2.46. The number of carbonyl (C=O) groups is 2. The van der Waals surface area contributed by atoms with Gasteiger partial charge in [0.05, 0.1) is 23.3 Å². The summed E-state index contributed by atoms with van der Waals surface area (Å²) >= 11 is 0. The van der Waals surface area contributed by atoms with Crippen LogP contribution >= 0.6 is 0 Å². The second kappa shape index (κ2) is 10.4. The van der Waals surface area contributed by atoms with E-state index in [0.29, 0.717) is 52.9 Å². The normalized spacial score (nSPS) is 15.7. The van der Waals surface area contributed by atoms with Crippen molar-refractivity contribution in [1.82, 2.24) is 14.9 Å². The van der Waals surface area contributed by atoms with Crippen molar-refractivity contribution >= 4 is 23.2 Å². The minimum Gasteiger partial charge on any atom is -0.461 e. The molecule has 1 atom stereocenters. The van der Waals surface area contributed by atoms with E-state index in [1.807, 2.05) is 13.0 Å². The van der Waals surface area contributed by atoms with Gasteiger partial charge in [-0.25, -0.2) is 24.5 Å². The Balaban J connectivity index is 1.78. The van der Waals surface area contributed by atoms with Gasteiger partial charge in [0.25, 0.3) is 0 Å². The van der Waals surface area contributed by atoms with E-state index in [4.69, 9.17) is 13.9 Å². The van der Waals surface area contributed by atoms with Gasteiger partial charge in [-0.05, 0) is 85.1 Å². The van der Waals surface area contributed by atoms with E-state index in [2.05, 4.69) is 14.7 Å². The van der Waals surface area contributed by atoms with E-state index in [9.17, 15) is 18.4 Å². The zero-order valence-corrected chi connectivity index (χ0v) is 23.1. The molecule has 0 saturated carbocycles. The number of rotatable bonds is 4. The number of ether oxygens (including phenoxy) is 3. The van der Waals surface area contributed by atoms with Gasteiger partial charge in [-0.15, -0.1) is 0 Å². The Morgan fingerprint density at radius 2 is 1.69 bits per heavy atom. The maximum absolute atomic E-state index is 13.3. The van der Waals surface area contributed by atoms with E-state index in [0.717, 1.165) is 16.7 Å². The lowest BCUT2D eigenvalue weighted by atomic mass is 9.92. The number of halogens is 2. The van der Waals surface area contributed by atoms with Crippen molar-refractivity contribution in [3.05, 3.63) is 41.3 Å². The Morgan fingerprint density at radius 3 is 2.28 bits per heavy atom. The number of amides is 2. The van der Waals surface area contributed by atoms with E-state index in [1.165, 1.54) is 0 Å². The first-order valence-corrected chi connectivity index (χ1v) is 12.7. The first-order valence-electron chi connectivity index (χ1n) is 12.7. The maximum atomic E-state index is 13.3. The number of alkyl halides is 2. The topological polar surface area (TPSA) is 104 Å². The number of furan rings is 1. The monoisotopic (exact) mass is 545 g/mol. The lowest BCUT2D eigenvalue weighted by molar-refractivity contribution is -0.0529. The number of aromatic nitrogens is 2. The summed E-state index contributed by atoms with van der Waals surface area (Å²) in [6, 6.07) is 4.66. The third-order valence-corrected chi connectivity index (χ3v) is 5.82. The number of hydrogen-bond donors (Lipinski definition) is 0. The SMILES string of the molecule is Cc1cc(-c2cc3c(o2)CCCC3N(C(=O)OC(C)(C)C)C(=O)OC(C)(C)C)c2ncc(OC(F)F)nc2c1. The van der Waals surface area contributed by atoms with Crippen LogP contribution in [-0.2, 0) is 15.9 Å². The van der Waals surface area contributed by atoms with Crippen molar-refractivity contribution in [2.24, 2.45) is 0 Å². The highest BCUT2D eigenvalue weighted by atomic mass is 19.3. The molecule has 3 aromatic rings. The molecule has 2 amide bonds. The smallest absolute Gasteiger partial charge is 0.420 e. The largest absolute Gasteiger partial charge is 0.461 e. The van der Waals surface area contributed by atoms with Crippen LogP contribution in [0.1, 0.15) is 77.3 Å². The first kappa shape index (κ1) is 28.3. The van der Waals surface area contributed by atoms with Gasteiger partial charge in [0.1, 0.15) is 22.7 Å². The van der Waals surface area contributed by atoms with Crippen LogP contribution in [-0.4, -0.2) is 44.9 Å². The van der Waals surface area contributed by atoms with Crippen molar-refractivity contribution in [1.29, 1.82) is 0 Å². The summed E-state index contributed by atoms with van der Waals surface area (Å²) in [5, 5.41) is 0. The number of aryl methyl sites for hydroxylation is 2. The fourth-order valence-corrected chi connectivity index (χ4v) is 4.47. The van der Waals surface area contributed by atoms with Crippen LogP contribution in [0.4, 0.5) is 18.4 Å². The lowest BCUT2D eigenvalue weighted by Gasteiger charge is -2.34. The Labute approximate surface area is 225 Å². The van der Waals surface area contributed by atoms with Gasteiger partial charge >= 0.3 is 18.8 Å². The third kappa shape index (κ3) is 6.63. The predicted octanol–water partition coefficient (Wildman–Crippen LogP) is 7.35. The van der Waals surface area contributed by atoms with Crippen molar-refractivity contribution in [2.75, 3.05) is 0 Å². The quantitative estimate of drug-likeness (QED) is 0.335. The van der Waals surface area contributed by atoms with E-state index in [-0.39, 0.29) is 5.88 Å². The molecule has 1 aliphatic rings. The van der Waals surface area contributed by atoms with Gasteiger partial charge in [0.2, 0.25) is 5.88 Å². The molecule has 0 bridgehead atoms. The second-order valence-electron chi connectivity index (χ2n) is 11.5. The number of imide groups is 1. The Bertz CT molecular complexity index is 1360. The molecule has 9 nitrogen and oxygen atoms in total. The van der Waals surface area contributed by atoms with Crippen LogP contribution in [0.25, 0.3) is 22.4 Å². The molecule has 1 aromatic carbocycles. The Kier molecular flexibility index (Phi) is 7.55. The fraction of sp³-hybridized carbons (Fsp3) is 0.500. The van der Waals surface area contributed by atoms with Gasteiger partial charge in [-0.2, -0.15) is 8.78 Å². The van der Waals surface area contributed by atoms with Crippen LogP contribution < -0.4 is 4.74 Å². The molecule has 210 valence electrons. The molecule has 0 aliphatic heterocycles. The summed E-state index contributed by atoms with van der Waals surface area (Å²) in [6.45, 7) is 9.16. The third-order valence-electron chi connectivity index (χ3n) is 5.82. The average molecular weight is 546 g/mol. The highest BCUT2D eigenvalue weighted by molar-refractivity contribution is 5.92. The zero-order valence-electron chi connectivity index (χ0n) is 23.1. The van der Waals surface area contributed by atoms with E-state index in [1.54, 1.807) is 53.7 Å². The molecule has 1 aliphatic carbocycles. The zero-order chi connectivity index (χ0) is 28.7. The highest BCUT2D eigenvalue weighted by Gasteiger charge is 2.40. The standard InChI is InChI=1S/C28H33F2N3O6/c1-15-11-17(23-18(12-15)32-22(14-31-23)37-24(29)30)21-13-16-19(9-8-10-20(16)36-21)33(25(34)38-27(2,3)4)26(35)39-28(5,6)7/h11-14,19,24H,8-10H2,1-7H3. The summed E-state index contributed by atoms with van der Waals surface area (Å²) in [4.78, 5) is 36.1. The molecule has 0 fully saturated rings. The highest BCUT2D eigenvalue weighted by Crippen LogP contribution is 2.41. The van der Waals surface area contributed by atoms with Crippen LogP contribution in [0.2, 0.25) is 0 Å². The summed E-state index contributed by atoms with van der Waals surface area (Å²) in [5.74, 6) is 0.780. The van der Waals surface area contributed by atoms with Crippen LogP contribution in [0.3, 0.4) is 0 Å². The molecule has 4 rings (SSSR count). The van der Waals surface area contributed by atoms with Gasteiger partial charge in [0, 0.05) is 17.5 Å². The van der Waals surface area contributed by atoms with Crippen molar-refractivity contribution in [2.45, 2.75) is 91.6 Å². The fourth-order valence-electron chi connectivity index (χ4n) is 4.47. The second-order valence-corrected chi connectivity index (χ2v) is 11.5. The molecule has 39 heavy (non-hydrogen) atoms. The molecule has 0 saturated heterocycles. The first-order chi connectivity index (χ1) is 18.1. The minimum atomic E-state index is -3.02. The summed E-state index contributed by atoms with van der Waals surface area (Å²) in [5.41, 5.74) is 1.18. The average Bonchev–Trinajstić information content (AvgIpc) is 3.20. The predicted molar refractivity (Wildman–Crippen MR) is 139 cm³/mol. The molecule has 0 radical (unpaired) electrons. The van der Waals surface area contributed by atoms with Crippen LogP contribution in [0.5, 0.6) is 5.88 Å². The maximum Gasteiger partial charge on any atom is 0.420 e. The molecule has 2 heterocycles. The summed E-state index contributed by atoms with van der Waals surface area (Å²) < 4.78 is 47.2. The summed E-state index contributed by atoms with van der Waals surface area (Å²) in [6.07, 6.45) is 1.27.